The van der Waals surface area contributed by atoms with Crippen LogP contribution in [-0.4, -0.2) is 125 Å². The minimum Gasteiger partial charge on any atom is -0.444 e. The van der Waals surface area contributed by atoms with Crippen molar-refractivity contribution in [3.05, 3.63) is 65.5 Å². The van der Waals surface area contributed by atoms with Gasteiger partial charge in [-0.25, -0.2) is 9.78 Å². The highest BCUT2D eigenvalue weighted by molar-refractivity contribution is 6.38. The number of fused-ring (bicyclic) bond motifs is 1. The van der Waals surface area contributed by atoms with Crippen LogP contribution in [0.1, 0.15) is 81.3 Å². The number of tetrazole rings is 1. The number of Topliss-reactive ketones (excluding diaryl/α,β-unsaturated/α-hetero) is 1. The molecule has 5 atom stereocenters. The van der Waals surface area contributed by atoms with E-state index < -0.39 is 83.5 Å². The monoisotopic (exact) mass is 802 g/mol. The summed E-state index contributed by atoms with van der Waals surface area (Å²) in [6, 6.07) is 3.02. The molecule has 0 saturated carbocycles. The molecule has 1 unspecified atom stereocenters. The summed E-state index contributed by atoms with van der Waals surface area (Å²) in [5.41, 5.74) is 2.12. The van der Waals surface area contributed by atoms with Crippen LogP contribution in [0.15, 0.2) is 42.9 Å². The lowest BCUT2D eigenvalue weighted by molar-refractivity contribution is -0.144. The van der Waals surface area contributed by atoms with Gasteiger partial charge in [-0.2, -0.15) is 5.21 Å². The van der Waals surface area contributed by atoms with E-state index in [4.69, 9.17) is 4.74 Å². The molecule has 0 aliphatic carbocycles. The molecule has 3 aromatic rings. The summed E-state index contributed by atoms with van der Waals surface area (Å²) in [6.45, 7) is 9.03. The molecule has 0 spiro atoms. The third-order valence-electron chi connectivity index (χ3n) is 10.00. The van der Waals surface area contributed by atoms with E-state index in [0.717, 1.165) is 11.1 Å². The second-order valence-corrected chi connectivity index (χ2v) is 14.9. The second-order valence-electron chi connectivity index (χ2n) is 14.9. The highest BCUT2D eigenvalue weighted by Gasteiger charge is 2.46. The quantitative estimate of drug-likeness (QED) is 0.122. The SMILES string of the molecule is CCCC(NC(=O)[C@@H]1C[C@@H](OC(=O)N2CCc3ccccc3C2)CN1C(=O)[C@H](NC(=O)[C@H](NC(=O)c1cnccn1)C(C)C)C(C)C)C(=O)C(=O)NCc1nn[nH]n1. The van der Waals surface area contributed by atoms with Gasteiger partial charge in [0.05, 0.1) is 25.3 Å². The van der Waals surface area contributed by atoms with E-state index in [1.807, 2.05) is 24.3 Å². The Kier molecular flexibility index (Phi) is 14.5. The number of aromatic nitrogens is 6. The van der Waals surface area contributed by atoms with Gasteiger partial charge < -0.3 is 35.8 Å². The maximum absolute atomic E-state index is 14.5. The molecule has 2 aliphatic rings. The minimum atomic E-state index is -1.25. The zero-order chi connectivity index (χ0) is 41.9. The van der Waals surface area contributed by atoms with Gasteiger partial charge in [0.1, 0.15) is 29.9 Å². The highest BCUT2D eigenvalue weighted by atomic mass is 16.6. The summed E-state index contributed by atoms with van der Waals surface area (Å²) in [5.74, 6) is -5.33. The Morgan fingerprint density at radius 2 is 1.69 bits per heavy atom. The number of nitrogens with one attached hydrogen (secondary N) is 5. The molecule has 1 aromatic carbocycles. The summed E-state index contributed by atoms with van der Waals surface area (Å²) in [5, 5.41) is 23.7. The Balaban J connectivity index is 1.34. The van der Waals surface area contributed by atoms with Crippen LogP contribution in [0.4, 0.5) is 4.79 Å². The normalized spacial score (nSPS) is 17.8. The van der Waals surface area contributed by atoms with Crippen LogP contribution >= 0.6 is 0 Å². The van der Waals surface area contributed by atoms with Crippen LogP contribution in [-0.2, 0) is 48.2 Å². The number of likely N-dealkylation sites (tertiary alicyclic amines) is 1. The van der Waals surface area contributed by atoms with Crippen molar-refractivity contribution in [2.75, 3.05) is 13.1 Å². The maximum atomic E-state index is 14.5. The van der Waals surface area contributed by atoms with Gasteiger partial charge in [0, 0.05) is 31.9 Å². The van der Waals surface area contributed by atoms with Crippen LogP contribution < -0.4 is 21.3 Å². The standard InChI is InChI=1S/C38H50N12O8/c1-6-9-26(32(51)36(55)41-18-29-45-47-48-46-29)42-34(53)28-16-25(58-38(57)49-15-12-23-10-7-8-11-24(23)19-49)20-50(28)37(56)31(22(4)5)44-35(54)30(21(2)3)43-33(52)27-17-39-13-14-40-27/h7-8,10-11,13-14,17,21-22,25-26,28,30-31H,6,9,12,15-16,18-20H2,1-5H3,(H,41,55)(H,42,53)(H,43,52)(H,44,54)(H,45,46,47,48)/t25-,26?,28+,30-,31-/m1/s1. The zero-order valence-corrected chi connectivity index (χ0v) is 33.1. The lowest BCUT2D eigenvalue weighted by Crippen LogP contribution is -2.59. The Hall–Kier alpha value is -6.34. The molecule has 310 valence electrons. The van der Waals surface area contributed by atoms with E-state index >= 15 is 0 Å². The molecule has 1 fully saturated rings. The predicted octanol–water partition coefficient (Wildman–Crippen LogP) is 0.220. The zero-order valence-electron chi connectivity index (χ0n) is 33.1. The van der Waals surface area contributed by atoms with Crippen molar-refractivity contribution in [1.29, 1.82) is 0 Å². The average Bonchev–Trinajstić information content (AvgIpc) is 3.90. The van der Waals surface area contributed by atoms with E-state index in [1.165, 1.54) is 23.5 Å². The molecule has 2 aromatic heterocycles. The summed E-state index contributed by atoms with van der Waals surface area (Å²) in [6.07, 6.45) is 3.52. The van der Waals surface area contributed by atoms with Crippen molar-refractivity contribution in [1.82, 2.24) is 61.7 Å². The van der Waals surface area contributed by atoms with Crippen LogP contribution in [0.25, 0.3) is 0 Å². The van der Waals surface area contributed by atoms with Gasteiger partial charge in [-0.3, -0.25) is 33.8 Å². The first kappa shape index (κ1) is 42.8. The number of benzene rings is 1. The van der Waals surface area contributed by atoms with E-state index in [2.05, 4.69) is 51.9 Å². The number of nitrogens with zero attached hydrogens (tertiary/aromatic N) is 7. The smallest absolute Gasteiger partial charge is 0.410 e. The summed E-state index contributed by atoms with van der Waals surface area (Å²) >= 11 is 0. The molecular formula is C38H50N12O8. The lowest BCUT2D eigenvalue weighted by Gasteiger charge is -2.32. The van der Waals surface area contributed by atoms with Crippen molar-refractivity contribution >= 4 is 41.4 Å². The Morgan fingerprint density at radius 1 is 0.948 bits per heavy atom. The molecular weight excluding hydrogens is 752 g/mol. The predicted molar refractivity (Wildman–Crippen MR) is 204 cm³/mol. The van der Waals surface area contributed by atoms with Gasteiger partial charge in [-0.15, -0.1) is 10.2 Å². The number of carbonyl (C=O) groups is 7. The number of H-pyrrole nitrogens is 1. The lowest BCUT2D eigenvalue weighted by atomic mass is 9.98. The maximum Gasteiger partial charge on any atom is 0.410 e. The van der Waals surface area contributed by atoms with Crippen molar-refractivity contribution < 1.29 is 38.3 Å². The molecule has 5 N–H and O–H groups in total. The van der Waals surface area contributed by atoms with Crippen LogP contribution in [0.3, 0.4) is 0 Å². The number of rotatable bonds is 16. The Bertz CT molecular complexity index is 1940. The third kappa shape index (κ3) is 10.7. The summed E-state index contributed by atoms with van der Waals surface area (Å²) in [7, 11) is 0. The molecule has 5 rings (SSSR count). The van der Waals surface area contributed by atoms with E-state index in [1.54, 1.807) is 39.5 Å². The van der Waals surface area contributed by atoms with Crippen molar-refractivity contribution in [3.8, 4) is 0 Å². The number of ketones is 1. The van der Waals surface area contributed by atoms with Gasteiger partial charge in [-0.05, 0) is 35.8 Å². The van der Waals surface area contributed by atoms with Gasteiger partial charge in [0.15, 0.2) is 5.82 Å². The number of hydrogen-bond donors (Lipinski definition) is 5. The number of hydrogen-bond acceptors (Lipinski definition) is 13. The van der Waals surface area contributed by atoms with E-state index in [9.17, 15) is 33.6 Å². The molecule has 4 heterocycles. The van der Waals surface area contributed by atoms with Crippen molar-refractivity contribution in [2.24, 2.45) is 11.8 Å². The summed E-state index contributed by atoms with van der Waals surface area (Å²) < 4.78 is 5.93. The first-order valence-corrected chi connectivity index (χ1v) is 19.3. The first-order valence-electron chi connectivity index (χ1n) is 19.3. The van der Waals surface area contributed by atoms with Gasteiger partial charge >= 0.3 is 6.09 Å². The fourth-order valence-electron chi connectivity index (χ4n) is 6.83. The Labute approximate surface area is 335 Å². The number of carbonyl (C=O) groups excluding carboxylic acids is 7. The van der Waals surface area contributed by atoms with E-state index in [0.29, 0.717) is 25.9 Å². The number of aromatic amines is 1. The van der Waals surface area contributed by atoms with E-state index in [-0.39, 0.29) is 37.4 Å². The molecule has 2 aliphatic heterocycles. The van der Waals surface area contributed by atoms with Gasteiger partial charge in [-0.1, -0.05) is 70.5 Å². The molecule has 20 heteroatoms. The fraction of sp³-hybridized carbons (Fsp3) is 0.526. The number of ether oxygens (including phenoxy) is 1. The van der Waals surface area contributed by atoms with Crippen molar-refractivity contribution in [3.63, 3.8) is 0 Å². The minimum absolute atomic E-state index is 0.00188. The molecule has 20 nitrogen and oxygen atoms in total. The van der Waals surface area contributed by atoms with Crippen LogP contribution in [0.5, 0.6) is 0 Å². The Morgan fingerprint density at radius 3 is 2.34 bits per heavy atom. The summed E-state index contributed by atoms with van der Waals surface area (Å²) in [4.78, 5) is 106. The topological polar surface area (TPSA) is 264 Å². The third-order valence-corrected chi connectivity index (χ3v) is 10.00. The fourth-order valence-corrected chi connectivity index (χ4v) is 6.83. The largest absolute Gasteiger partial charge is 0.444 e. The molecule has 6 amide bonds. The van der Waals surface area contributed by atoms with Gasteiger partial charge in [0.2, 0.25) is 23.5 Å². The van der Waals surface area contributed by atoms with Crippen LogP contribution in [0.2, 0.25) is 0 Å². The van der Waals surface area contributed by atoms with Crippen molar-refractivity contribution in [2.45, 2.75) is 104 Å². The highest BCUT2D eigenvalue weighted by Crippen LogP contribution is 2.26. The molecule has 0 radical (unpaired) electrons. The second kappa shape index (κ2) is 19.7. The van der Waals surface area contributed by atoms with Crippen LogP contribution in [0, 0.1) is 11.8 Å². The molecule has 0 bridgehead atoms. The van der Waals surface area contributed by atoms with Gasteiger partial charge in [0.25, 0.3) is 11.8 Å². The number of amides is 6. The first-order chi connectivity index (χ1) is 27.8. The average molecular weight is 803 g/mol. The molecule has 58 heavy (non-hydrogen) atoms. The molecule has 1 saturated heterocycles.